The van der Waals surface area contributed by atoms with Gasteiger partial charge in [0, 0.05) is 49.5 Å². The molecule has 13 heteroatoms. The summed E-state index contributed by atoms with van der Waals surface area (Å²) in [5.41, 5.74) is 7.01. The second-order valence-electron chi connectivity index (χ2n) is 13.3. The standard InChI is InChI=1S/C39H52N4O9/c1-8-16-41-21-26-12-14-27(15-13-26)38(48)43-33-28-17-22(2)18-32(51-7)34(45)24(4)19-25(5)36(52-39(40)49)31(50-6)11-9-10-23(3)37(47)42-29(35(28)46)20-30(33)44/h9-15,19-20,22,24,31-32,34,36,41,45H,8,16-18,21H2,1-7H3,(H2,40,49)(H,42,47)(H,43,48)/b11-9-,23-10+,25-19+/t22-,24+,31+,32+,34-,36+/m1/s1. The Kier molecular flexibility index (Phi) is 15.9. The van der Waals surface area contributed by atoms with Crippen LogP contribution in [-0.2, 0) is 35.1 Å². The van der Waals surface area contributed by atoms with Gasteiger partial charge in [0.2, 0.25) is 11.6 Å². The Balaban J connectivity index is 2.04. The van der Waals surface area contributed by atoms with Gasteiger partial charge in [-0.2, -0.15) is 0 Å². The van der Waals surface area contributed by atoms with Gasteiger partial charge in [0.05, 0.1) is 23.6 Å². The number of hydrogen-bond acceptors (Lipinski definition) is 10. The van der Waals surface area contributed by atoms with Crippen molar-refractivity contribution in [3.63, 3.8) is 0 Å². The number of aliphatic hydroxyl groups excluding tert-OH is 1. The van der Waals surface area contributed by atoms with E-state index in [4.69, 9.17) is 19.9 Å². The molecule has 13 nitrogen and oxygen atoms in total. The summed E-state index contributed by atoms with van der Waals surface area (Å²) in [4.78, 5) is 66.0. The summed E-state index contributed by atoms with van der Waals surface area (Å²) in [5.74, 6) is -3.34. The van der Waals surface area contributed by atoms with Gasteiger partial charge in [-0.1, -0.05) is 57.2 Å². The van der Waals surface area contributed by atoms with E-state index in [2.05, 4.69) is 22.9 Å². The first-order valence-corrected chi connectivity index (χ1v) is 17.4. The molecule has 3 amide bonds. The summed E-state index contributed by atoms with van der Waals surface area (Å²) >= 11 is 0. The molecule has 1 heterocycles. The number of aliphatic hydroxyl groups is 1. The first-order chi connectivity index (χ1) is 24.7. The predicted octanol–water partition coefficient (Wildman–Crippen LogP) is 3.69. The number of rotatable bonds is 9. The molecule has 282 valence electrons. The van der Waals surface area contributed by atoms with Crippen molar-refractivity contribution in [3.8, 4) is 0 Å². The lowest BCUT2D eigenvalue weighted by molar-refractivity contribution is -0.120. The molecular weight excluding hydrogens is 668 g/mol. The molecule has 6 atom stereocenters. The van der Waals surface area contributed by atoms with Gasteiger partial charge in [-0.25, -0.2) is 4.79 Å². The molecule has 2 aliphatic rings. The third-order valence-corrected chi connectivity index (χ3v) is 9.00. The van der Waals surface area contributed by atoms with Crippen LogP contribution in [0.4, 0.5) is 4.79 Å². The number of fused-ring (bicyclic) bond motifs is 2. The number of primary amides is 1. The molecule has 0 spiro atoms. The summed E-state index contributed by atoms with van der Waals surface area (Å²) in [6.07, 6.45) is 4.03. The molecule has 6 N–H and O–H groups in total. The fraction of sp³-hybridized carbons (Fsp3) is 0.462. The van der Waals surface area contributed by atoms with E-state index in [1.54, 1.807) is 38.1 Å². The normalized spacial score (nSPS) is 27.8. The Labute approximate surface area is 305 Å². The average molecular weight is 721 g/mol. The minimum atomic E-state index is -1.03. The molecule has 2 bridgehead atoms. The second-order valence-corrected chi connectivity index (χ2v) is 13.3. The van der Waals surface area contributed by atoms with E-state index in [-0.39, 0.29) is 41.3 Å². The Hall–Kier alpha value is -4.69. The topological polar surface area (TPSA) is 195 Å². The Bertz CT molecular complexity index is 1640. The maximum Gasteiger partial charge on any atom is 0.405 e. The van der Waals surface area contributed by atoms with Crippen LogP contribution in [0, 0.1) is 11.8 Å². The van der Waals surface area contributed by atoms with Crippen LogP contribution in [0.1, 0.15) is 69.8 Å². The monoisotopic (exact) mass is 720 g/mol. The van der Waals surface area contributed by atoms with E-state index in [0.717, 1.165) is 24.6 Å². The zero-order chi connectivity index (χ0) is 38.5. The third kappa shape index (κ3) is 11.4. The lowest BCUT2D eigenvalue weighted by Gasteiger charge is -2.30. The number of amides is 3. The summed E-state index contributed by atoms with van der Waals surface area (Å²) in [6.45, 7) is 10.4. The number of allylic oxidation sites excluding steroid dienone is 4. The molecule has 0 saturated heterocycles. The van der Waals surface area contributed by atoms with Crippen molar-refractivity contribution >= 4 is 29.5 Å². The molecule has 0 unspecified atom stereocenters. The second kappa shape index (κ2) is 19.8. The van der Waals surface area contributed by atoms with Crippen LogP contribution in [0.15, 0.2) is 82.8 Å². The number of ketones is 2. The number of carbonyl (C=O) groups excluding carboxylic acids is 5. The molecule has 1 aliphatic carbocycles. The lowest BCUT2D eigenvalue weighted by Crippen LogP contribution is -2.38. The van der Waals surface area contributed by atoms with Gasteiger partial charge in [-0.3, -0.25) is 19.2 Å². The van der Waals surface area contributed by atoms with Gasteiger partial charge in [0.15, 0.2) is 6.10 Å². The van der Waals surface area contributed by atoms with Crippen LogP contribution in [0.25, 0.3) is 0 Å². The van der Waals surface area contributed by atoms with Crippen molar-refractivity contribution in [2.45, 2.75) is 84.8 Å². The van der Waals surface area contributed by atoms with E-state index in [1.165, 1.54) is 33.3 Å². The largest absolute Gasteiger partial charge is 0.439 e. The first kappa shape index (κ1) is 41.7. The molecule has 0 saturated carbocycles. The summed E-state index contributed by atoms with van der Waals surface area (Å²) < 4.78 is 16.7. The minimum absolute atomic E-state index is 0.0194. The SMILES string of the molecule is CCCNCc1ccc(C(=O)NC2=C3C[C@@H](C)C[C@H](OC)[C@H](O)[C@@H](C)/C=C(\C)[C@H](OC(N)=O)[C@@H](OC)/C=C\C=C(/C)C(=O)NC(=CC2=O)C3=O)cc1. The summed E-state index contributed by atoms with van der Waals surface area (Å²) in [5, 5.41) is 19.9. The molecular formula is C39H52N4O9. The number of hydrogen-bond donors (Lipinski definition) is 5. The highest BCUT2D eigenvalue weighted by atomic mass is 16.6. The molecule has 3 rings (SSSR count). The van der Waals surface area contributed by atoms with Crippen molar-refractivity contribution in [3.05, 3.63) is 93.9 Å². The molecule has 0 aromatic heterocycles. The van der Waals surface area contributed by atoms with Gasteiger partial charge < -0.3 is 41.0 Å². The van der Waals surface area contributed by atoms with Gasteiger partial charge in [-0.05, 0) is 68.8 Å². The van der Waals surface area contributed by atoms with Crippen LogP contribution in [-0.4, -0.2) is 79.8 Å². The number of carbonyl (C=O) groups is 5. The van der Waals surface area contributed by atoms with Gasteiger partial charge in [-0.15, -0.1) is 0 Å². The zero-order valence-electron chi connectivity index (χ0n) is 31.0. The Morgan fingerprint density at radius 3 is 2.37 bits per heavy atom. The van der Waals surface area contributed by atoms with Crippen molar-refractivity contribution in [2.24, 2.45) is 17.6 Å². The van der Waals surface area contributed by atoms with Crippen molar-refractivity contribution < 1.29 is 43.3 Å². The van der Waals surface area contributed by atoms with E-state index >= 15 is 0 Å². The lowest BCUT2D eigenvalue weighted by atomic mass is 9.85. The average Bonchev–Trinajstić information content (AvgIpc) is 3.11. The smallest absolute Gasteiger partial charge is 0.405 e. The Morgan fingerprint density at radius 2 is 1.75 bits per heavy atom. The minimum Gasteiger partial charge on any atom is -0.439 e. The number of Topliss-reactive ketones (excluding diaryl/α,β-unsaturated/α-hetero) is 1. The maximum absolute atomic E-state index is 14.0. The van der Waals surface area contributed by atoms with Crippen LogP contribution < -0.4 is 21.7 Å². The van der Waals surface area contributed by atoms with Gasteiger partial charge in [0.1, 0.15) is 6.10 Å². The molecule has 52 heavy (non-hydrogen) atoms. The van der Waals surface area contributed by atoms with E-state index in [1.807, 2.05) is 19.1 Å². The number of benzene rings is 1. The molecule has 1 aromatic carbocycles. The number of nitrogens with one attached hydrogen (secondary N) is 3. The van der Waals surface area contributed by atoms with Crippen LogP contribution >= 0.6 is 0 Å². The third-order valence-electron chi connectivity index (χ3n) is 9.00. The fourth-order valence-electron chi connectivity index (χ4n) is 6.09. The quantitative estimate of drug-likeness (QED) is 0.143. The van der Waals surface area contributed by atoms with Crippen molar-refractivity contribution in [1.29, 1.82) is 0 Å². The van der Waals surface area contributed by atoms with Crippen LogP contribution in [0.5, 0.6) is 0 Å². The van der Waals surface area contributed by atoms with Crippen molar-refractivity contribution in [2.75, 3.05) is 20.8 Å². The number of methoxy groups -OCH3 is 2. The number of nitrogens with two attached hydrogens (primary N) is 1. The molecule has 0 fully saturated rings. The highest BCUT2D eigenvalue weighted by Crippen LogP contribution is 2.29. The highest BCUT2D eigenvalue weighted by Gasteiger charge is 2.34. The predicted molar refractivity (Wildman–Crippen MR) is 195 cm³/mol. The van der Waals surface area contributed by atoms with Gasteiger partial charge in [0.25, 0.3) is 11.8 Å². The molecule has 1 aliphatic heterocycles. The van der Waals surface area contributed by atoms with Crippen LogP contribution in [0.3, 0.4) is 0 Å². The first-order valence-electron chi connectivity index (χ1n) is 17.4. The zero-order valence-corrected chi connectivity index (χ0v) is 31.0. The summed E-state index contributed by atoms with van der Waals surface area (Å²) in [7, 11) is 2.88. The summed E-state index contributed by atoms with van der Waals surface area (Å²) in [6, 6.07) is 6.93. The molecule has 1 aromatic rings. The number of ether oxygens (including phenoxy) is 3. The van der Waals surface area contributed by atoms with E-state index in [9.17, 15) is 29.1 Å². The van der Waals surface area contributed by atoms with Gasteiger partial charge >= 0.3 is 6.09 Å². The van der Waals surface area contributed by atoms with E-state index < -0.39 is 59.8 Å². The van der Waals surface area contributed by atoms with E-state index in [0.29, 0.717) is 17.7 Å². The van der Waals surface area contributed by atoms with Crippen LogP contribution in [0.2, 0.25) is 0 Å². The maximum atomic E-state index is 14.0. The molecule has 0 radical (unpaired) electrons. The fourth-order valence-corrected chi connectivity index (χ4v) is 6.09. The Morgan fingerprint density at radius 1 is 1.06 bits per heavy atom. The highest BCUT2D eigenvalue weighted by molar-refractivity contribution is 6.24. The van der Waals surface area contributed by atoms with Crippen molar-refractivity contribution in [1.82, 2.24) is 16.0 Å².